The lowest BCUT2D eigenvalue weighted by atomic mass is 10.2. The number of nitrogens with zero attached hydrogens (tertiary/aromatic N) is 4. The van der Waals surface area contributed by atoms with E-state index in [1.165, 1.54) is 10.7 Å². The van der Waals surface area contributed by atoms with Crippen LogP contribution in [0.4, 0.5) is 10.2 Å². The van der Waals surface area contributed by atoms with Crippen molar-refractivity contribution in [3.8, 4) is 0 Å². The summed E-state index contributed by atoms with van der Waals surface area (Å²) in [4.78, 5) is 12.6. The van der Waals surface area contributed by atoms with E-state index < -0.39 is 11.9 Å². The SMILES string of the molecule is CCC(C(=O)Nc1nn(Cc2c(F)cccc2Cl)cc1Br)n1cc(Br)cn1. The minimum Gasteiger partial charge on any atom is -0.306 e. The molecule has 0 fully saturated rings. The highest BCUT2D eigenvalue weighted by Crippen LogP contribution is 2.25. The predicted molar refractivity (Wildman–Crippen MR) is 108 cm³/mol. The van der Waals surface area contributed by atoms with Crippen molar-refractivity contribution in [1.82, 2.24) is 19.6 Å². The lowest BCUT2D eigenvalue weighted by Crippen LogP contribution is -2.26. The summed E-state index contributed by atoms with van der Waals surface area (Å²) in [5.74, 6) is -0.310. The summed E-state index contributed by atoms with van der Waals surface area (Å²) >= 11 is 12.8. The molecule has 0 aliphatic carbocycles. The lowest BCUT2D eigenvalue weighted by molar-refractivity contribution is -0.119. The molecule has 0 aliphatic heterocycles. The van der Waals surface area contributed by atoms with Crippen LogP contribution in [0.3, 0.4) is 0 Å². The van der Waals surface area contributed by atoms with Crippen molar-refractivity contribution in [3.05, 3.63) is 62.1 Å². The van der Waals surface area contributed by atoms with Crippen molar-refractivity contribution in [2.45, 2.75) is 25.9 Å². The van der Waals surface area contributed by atoms with Crippen molar-refractivity contribution >= 4 is 55.2 Å². The standard InChI is InChI=1S/C17H15Br2ClFN5O/c1-2-15(26-7-10(18)6-22-26)17(27)23-16-12(19)9-25(24-16)8-11-13(20)4-3-5-14(11)21/h3-7,9,15H,2,8H2,1H3,(H,23,24,27). The predicted octanol–water partition coefficient (Wildman–Crippen LogP) is 5.04. The lowest BCUT2D eigenvalue weighted by Gasteiger charge is -2.14. The number of anilines is 1. The molecule has 3 aromatic rings. The van der Waals surface area contributed by atoms with E-state index in [1.807, 2.05) is 6.92 Å². The highest BCUT2D eigenvalue weighted by Gasteiger charge is 2.22. The van der Waals surface area contributed by atoms with Crippen LogP contribution in [0.5, 0.6) is 0 Å². The summed E-state index contributed by atoms with van der Waals surface area (Å²) in [5.41, 5.74) is 0.333. The number of carbonyl (C=O) groups excluding carboxylic acids is 1. The van der Waals surface area contributed by atoms with E-state index in [9.17, 15) is 9.18 Å². The van der Waals surface area contributed by atoms with Gasteiger partial charge in [-0.2, -0.15) is 10.2 Å². The van der Waals surface area contributed by atoms with E-state index in [0.29, 0.717) is 27.3 Å². The van der Waals surface area contributed by atoms with Crippen LogP contribution in [0, 0.1) is 5.82 Å². The van der Waals surface area contributed by atoms with Gasteiger partial charge in [-0.15, -0.1) is 0 Å². The van der Waals surface area contributed by atoms with Crippen molar-refractivity contribution in [1.29, 1.82) is 0 Å². The highest BCUT2D eigenvalue weighted by molar-refractivity contribution is 9.10. The maximum absolute atomic E-state index is 14.0. The molecule has 0 bridgehead atoms. The normalized spacial score (nSPS) is 12.2. The Morgan fingerprint density at radius 1 is 1.37 bits per heavy atom. The van der Waals surface area contributed by atoms with Crippen LogP contribution in [-0.4, -0.2) is 25.5 Å². The van der Waals surface area contributed by atoms with Crippen LogP contribution in [0.2, 0.25) is 5.02 Å². The molecule has 1 unspecified atom stereocenters. The zero-order chi connectivity index (χ0) is 19.6. The monoisotopic (exact) mass is 517 g/mol. The fourth-order valence-corrected chi connectivity index (χ4v) is 3.52. The summed E-state index contributed by atoms with van der Waals surface area (Å²) in [6.07, 6.45) is 5.58. The molecule has 2 aromatic heterocycles. The van der Waals surface area contributed by atoms with E-state index in [4.69, 9.17) is 11.6 Å². The van der Waals surface area contributed by atoms with Gasteiger partial charge >= 0.3 is 0 Å². The zero-order valence-corrected chi connectivity index (χ0v) is 18.1. The summed E-state index contributed by atoms with van der Waals surface area (Å²) in [5, 5.41) is 11.6. The number of hydrogen-bond donors (Lipinski definition) is 1. The molecule has 6 nitrogen and oxygen atoms in total. The van der Waals surface area contributed by atoms with E-state index in [-0.39, 0.29) is 12.5 Å². The first kappa shape index (κ1) is 20.0. The molecule has 27 heavy (non-hydrogen) atoms. The molecule has 3 rings (SSSR count). The van der Waals surface area contributed by atoms with Gasteiger partial charge in [0.2, 0.25) is 5.91 Å². The molecule has 0 aliphatic rings. The largest absolute Gasteiger partial charge is 0.306 e. The third-order valence-corrected chi connectivity index (χ3v) is 5.26. The number of aromatic nitrogens is 4. The number of carbonyl (C=O) groups is 1. The zero-order valence-electron chi connectivity index (χ0n) is 14.2. The van der Waals surface area contributed by atoms with Crippen molar-refractivity contribution in [2.75, 3.05) is 5.32 Å². The van der Waals surface area contributed by atoms with Gasteiger partial charge in [0.15, 0.2) is 5.82 Å². The molecular formula is C17H15Br2ClFN5O. The topological polar surface area (TPSA) is 64.7 Å². The highest BCUT2D eigenvalue weighted by atomic mass is 79.9. The first-order valence-electron chi connectivity index (χ1n) is 8.05. The van der Waals surface area contributed by atoms with Gasteiger partial charge in [-0.3, -0.25) is 14.2 Å². The molecule has 2 heterocycles. The number of benzene rings is 1. The quantitative estimate of drug-likeness (QED) is 0.497. The third kappa shape index (κ3) is 4.59. The van der Waals surface area contributed by atoms with Crippen molar-refractivity contribution in [2.24, 2.45) is 0 Å². The Morgan fingerprint density at radius 3 is 2.78 bits per heavy atom. The average Bonchev–Trinajstić information content (AvgIpc) is 3.18. The summed E-state index contributed by atoms with van der Waals surface area (Å²) in [6.45, 7) is 2.04. The molecular weight excluding hydrogens is 504 g/mol. The maximum atomic E-state index is 14.0. The number of halogens is 4. The molecule has 142 valence electrons. The Bertz CT molecular complexity index is 954. The summed E-state index contributed by atoms with van der Waals surface area (Å²) in [7, 11) is 0. The van der Waals surface area contributed by atoms with Gasteiger partial charge in [0.1, 0.15) is 11.9 Å². The molecule has 1 aromatic carbocycles. The van der Waals surface area contributed by atoms with Crippen LogP contribution >= 0.6 is 43.5 Å². The van der Waals surface area contributed by atoms with Crippen LogP contribution in [0.1, 0.15) is 24.9 Å². The molecule has 0 saturated carbocycles. The first-order valence-corrected chi connectivity index (χ1v) is 10.0. The van der Waals surface area contributed by atoms with Gasteiger partial charge < -0.3 is 5.32 Å². The molecule has 0 saturated heterocycles. The van der Waals surface area contributed by atoms with Crippen molar-refractivity contribution in [3.63, 3.8) is 0 Å². The minimum atomic E-state index is -0.477. The Labute approximate surface area is 177 Å². The van der Waals surface area contributed by atoms with E-state index >= 15 is 0 Å². The Hall–Kier alpha value is -1.71. The average molecular weight is 520 g/mol. The van der Waals surface area contributed by atoms with Gasteiger partial charge in [-0.1, -0.05) is 24.6 Å². The van der Waals surface area contributed by atoms with Crippen LogP contribution in [0.25, 0.3) is 0 Å². The molecule has 1 amide bonds. The summed E-state index contributed by atoms with van der Waals surface area (Å²) < 4.78 is 18.4. The number of nitrogens with one attached hydrogen (secondary N) is 1. The van der Waals surface area contributed by atoms with Crippen LogP contribution in [0.15, 0.2) is 45.7 Å². The molecule has 10 heteroatoms. The third-order valence-electron chi connectivity index (χ3n) is 3.92. The maximum Gasteiger partial charge on any atom is 0.250 e. The van der Waals surface area contributed by atoms with E-state index in [2.05, 4.69) is 47.4 Å². The number of amides is 1. The fourth-order valence-electron chi connectivity index (χ4n) is 2.59. The van der Waals surface area contributed by atoms with Gasteiger partial charge in [-0.05, 0) is 50.4 Å². The fraction of sp³-hybridized carbons (Fsp3) is 0.235. The number of rotatable bonds is 6. The number of hydrogen-bond acceptors (Lipinski definition) is 3. The van der Waals surface area contributed by atoms with Gasteiger partial charge in [-0.25, -0.2) is 4.39 Å². The van der Waals surface area contributed by atoms with E-state index in [1.54, 1.807) is 35.4 Å². The van der Waals surface area contributed by atoms with Gasteiger partial charge in [0, 0.05) is 23.0 Å². The first-order chi connectivity index (χ1) is 12.9. The second-order valence-electron chi connectivity index (χ2n) is 5.78. The van der Waals surface area contributed by atoms with Crippen LogP contribution < -0.4 is 5.32 Å². The minimum absolute atomic E-state index is 0.142. The second-order valence-corrected chi connectivity index (χ2v) is 7.95. The van der Waals surface area contributed by atoms with Crippen LogP contribution in [-0.2, 0) is 11.3 Å². The Kier molecular flexibility index (Phi) is 6.33. The molecule has 1 N–H and O–H groups in total. The van der Waals surface area contributed by atoms with Gasteiger partial charge in [0.05, 0.1) is 21.7 Å². The molecule has 0 radical (unpaired) electrons. The van der Waals surface area contributed by atoms with Gasteiger partial charge in [0.25, 0.3) is 0 Å². The Balaban J connectivity index is 1.77. The van der Waals surface area contributed by atoms with E-state index in [0.717, 1.165) is 4.47 Å². The van der Waals surface area contributed by atoms with Crippen molar-refractivity contribution < 1.29 is 9.18 Å². The Morgan fingerprint density at radius 2 is 2.15 bits per heavy atom. The smallest absolute Gasteiger partial charge is 0.250 e. The second kappa shape index (κ2) is 8.53. The summed E-state index contributed by atoms with van der Waals surface area (Å²) in [6, 6.07) is 4.03. The molecule has 1 atom stereocenters. The molecule has 0 spiro atoms.